The van der Waals surface area contributed by atoms with Crippen molar-refractivity contribution in [2.24, 2.45) is 10.9 Å². The number of ether oxygens (including phenoxy) is 1. The summed E-state index contributed by atoms with van der Waals surface area (Å²) in [6, 6.07) is 3.51. The van der Waals surface area contributed by atoms with Crippen LogP contribution in [0.2, 0.25) is 0 Å². The van der Waals surface area contributed by atoms with Crippen LogP contribution < -0.4 is 5.73 Å². The molecule has 6 nitrogen and oxygen atoms in total. The highest BCUT2D eigenvalue weighted by atomic mass is 16.5. The molecule has 3 N–H and O–H groups in total. The van der Waals surface area contributed by atoms with Crippen LogP contribution >= 0.6 is 0 Å². The molecule has 0 bridgehead atoms. The SMILES string of the molecule is CCOC(=O)[C@@H](N)Cc1ccc(O)c(N=O)c1. The van der Waals surface area contributed by atoms with Gasteiger partial charge in [-0.25, -0.2) is 0 Å². The van der Waals surface area contributed by atoms with Crippen molar-refractivity contribution in [3.63, 3.8) is 0 Å². The molecule has 0 saturated heterocycles. The summed E-state index contributed by atoms with van der Waals surface area (Å²) in [6.07, 6.45) is 0.224. The number of aromatic hydroxyl groups is 1. The van der Waals surface area contributed by atoms with Gasteiger partial charge in [-0.3, -0.25) is 4.79 Å². The summed E-state index contributed by atoms with van der Waals surface area (Å²) in [6.45, 7) is 1.96. The maximum absolute atomic E-state index is 11.3. The molecule has 0 aromatic heterocycles. The first-order valence-corrected chi connectivity index (χ1v) is 5.16. The molecule has 92 valence electrons. The fourth-order valence-electron chi connectivity index (χ4n) is 1.36. The number of hydrogen-bond acceptors (Lipinski definition) is 6. The summed E-state index contributed by atoms with van der Waals surface area (Å²) < 4.78 is 4.76. The van der Waals surface area contributed by atoms with Crippen LogP contribution in [0.15, 0.2) is 23.4 Å². The highest BCUT2D eigenvalue weighted by Crippen LogP contribution is 2.27. The molecule has 1 aromatic rings. The van der Waals surface area contributed by atoms with Crippen LogP contribution in [-0.2, 0) is 16.0 Å². The smallest absolute Gasteiger partial charge is 0.323 e. The summed E-state index contributed by atoms with van der Waals surface area (Å²) in [5.41, 5.74) is 6.19. The van der Waals surface area contributed by atoms with Crippen molar-refractivity contribution >= 4 is 11.7 Å². The van der Waals surface area contributed by atoms with E-state index in [4.69, 9.17) is 10.5 Å². The number of benzene rings is 1. The minimum atomic E-state index is -0.793. The minimum Gasteiger partial charge on any atom is -0.506 e. The summed E-state index contributed by atoms with van der Waals surface area (Å²) in [5.74, 6) is -0.699. The molecule has 17 heavy (non-hydrogen) atoms. The lowest BCUT2D eigenvalue weighted by atomic mass is 10.1. The van der Waals surface area contributed by atoms with E-state index in [0.717, 1.165) is 0 Å². The third-order valence-corrected chi connectivity index (χ3v) is 2.18. The lowest BCUT2D eigenvalue weighted by molar-refractivity contribution is -0.144. The summed E-state index contributed by atoms with van der Waals surface area (Å²) >= 11 is 0. The number of hydrogen-bond donors (Lipinski definition) is 2. The summed E-state index contributed by atoms with van der Waals surface area (Å²) in [5, 5.41) is 11.9. The predicted molar refractivity (Wildman–Crippen MR) is 61.9 cm³/mol. The number of carbonyl (C=O) groups excluding carboxylic acids is 1. The molecule has 1 aromatic carbocycles. The monoisotopic (exact) mass is 238 g/mol. The van der Waals surface area contributed by atoms with Gasteiger partial charge in [0.2, 0.25) is 0 Å². The maximum Gasteiger partial charge on any atom is 0.323 e. The van der Waals surface area contributed by atoms with Crippen LogP contribution in [0.3, 0.4) is 0 Å². The summed E-state index contributed by atoms with van der Waals surface area (Å²) in [4.78, 5) is 21.7. The fraction of sp³-hybridized carbons (Fsp3) is 0.364. The van der Waals surface area contributed by atoms with E-state index in [2.05, 4.69) is 5.18 Å². The zero-order valence-electron chi connectivity index (χ0n) is 9.42. The van der Waals surface area contributed by atoms with E-state index in [0.29, 0.717) is 5.56 Å². The molecule has 0 heterocycles. The number of nitrogens with two attached hydrogens (primary N) is 1. The predicted octanol–water partition coefficient (Wildman–Crippen LogP) is 1.22. The Bertz CT molecular complexity index is 420. The van der Waals surface area contributed by atoms with E-state index in [1.807, 2.05) is 0 Å². The second-order valence-electron chi connectivity index (χ2n) is 3.48. The van der Waals surface area contributed by atoms with Gasteiger partial charge in [0.25, 0.3) is 0 Å². The lowest BCUT2D eigenvalue weighted by Crippen LogP contribution is -2.34. The Morgan fingerprint density at radius 3 is 2.88 bits per heavy atom. The van der Waals surface area contributed by atoms with Crippen molar-refractivity contribution in [2.75, 3.05) is 6.61 Å². The van der Waals surface area contributed by atoms with E-state index >= 15 is 0 Å². The van der Waals surface area contributed by atoms with Crippen molar-refractivity contribution in [2.45, 2.75) is 19.4 Å². The van der Waals surface area contributed by atoms with Gasteiger partial charge in [-0.05, 0) is 36.2 Å². The number of esters is 1. The largest absolute Gasteiger partial charge is 0.506 e. The number of carbonyl (C=O) groups is 1. The van der Waals surface area contributed by atoms with Gasteiger partial charge in [0.05, 0.1) is 6.61 Å². The molecular formula is C11H14N2O4. The second kappa shape index (κ2) is 5.95. The zero-order chi connectivity index (χ0) is 12.8. The molecule has 0 radical (unpaired) electrons. The van der Waals surface area contributed by atoms with Crippen molar-refractivity contribution in [1.29, 1.82) is 0 Å². The van der Waals surface area contributed by atoms with E-state index < -0.39 is 12.0 Å². The highest BCUT2D eigenvalue weighted by Gasteiger charge is 2.15. The van der Waals surface area contributed by atoms with E-state index in [-0.39, 0.29) is 24.5 Å². The summed E-state index contributed by atoms with van der Waals surface area (Å²) in [7, 11) is 0. The molecule has 1 rings (SSSR count). The first kappa shape index (κ1) is 13.1. The average Bonchev–Trinajstić information content (AvgIpc) is 2.31. The number of nitroso groups, excluding NO2 is 1. The molecule has 0 unspecified atom stereocenters. The molecule has 0 aliphatic heterocycles. The van der Waals surface area contributed by atoms with Crippen LogP contribution in [0.5, 0.6) is 5.75 Å². The van der Waals surface area contributed by atoms with Crippen LogP contribution in [-0.4, -0.2) is 23.7 Å². The highest BCUT2D eigenvalue weighted by molar-refractivity contribution is 5.76. The standard InChI is InChI=1S/C11H14N2O4/c1-2-17-11(15)8(12)5-7-3-4-10(14)9(6-7)13-16/h3-4,6,8,14H,2,5,12H2,1H3/t8-/m0/s1. The van der Waals surface area contributed by atoms with Crippen LogP contribution in [0, 0.1) is 4.91 Å². The quantitative estimate of drug-likeness (QED) is 0.593. The molecule has 0 fully saturated rings. The van der Waals surface area contributed by atoms with Crippen LogP contribution in [0.25, 0.3) is 0 Å². The van der Waals surface area contributed by atoms with Crippen molar-refractivity contribution in [3.05, 3.63) is 28.7 Å². The van der Waals surface area contributed by atoms with Crippen LogP contribution in [0.1, 0.15) is 12.5 Å². The number of phenolic OH excluding ortho intramolecular Hbond substituents is 1. The molecule has 0 saturated carbocycles. The van der Waals surface area contributed by atoms with E-state index in [1.165, 1.54) is 12.1 Å². The molecule has 0 amide bonds. The molecule has 0 aliphatic rings. The topological polar surface area (TPSA) is 102 Å². The van der Waals surface area contributed by atoms with Gasteiger partial charge in [-0.2, -0.15) is 0 Å². The second-order valence-corrected chi connectivity index (χ2v) is 3.48. The normalized spacial score (nSPS) is 11.9. The van der Waals surface area contributed by atoms with Gasteiger partial charge >= 0.3 is 5.97 Å². The van der Waals surface area contributed by atoms with E-state index in [1.54, 1.807) is 13.0 Å². The Labute approximate surface area is 98.4 Å². The molecule has 0 aliphatic carbocycles. The number of rotatable bonds is 5. The third kappa shape index (κ3) is 3.53. The fourth-order valence-corrected chi connectivity index (χ4v) is 1.36. The van der Waals surface area contributed by atoms with Crippen molar-refractivity contribution in [3.8, 4) is 5.75 Å². The zero-order valence-corrected chi connectivity index (χ0v) is 9.42. The maximum atomic E-state index is 11.3. The molecule has 0 spiro atoms. The Kier molecular flexibility index (Phi) is 4.59. The van der Waals surface area contributed by atoms with Gasteiger partial charge in [-0.15, -0.1) is 4.91 Å². The van der Waals surface area contributed by atoms with Gasteiger partial charge < -0.3 is 15.6 Å². The first-order chi connectivity index (χ1) is 8.08. The van der Waals surface area contributed by atoms with E-state index in [9.17, 15) is 14.8 Å². The van der Waals surface area contributed by atoms with Crippen LogP contribution in [0.4, 0.5) is 5.69 Å². The van der Waals surface area contributed by atoms with Gasteiger partial charge in [0, 0.05) is 0 Å². The third-order valence-electron chi connectivity index (χ3n) is 2.18. The van der Waals surface area contributed by atoms with Gasteiger partial charge in [0.1, 0.15) is 17.5 Å². The Hall–Kier alpha value is -1.95. The number of phenols is 1. The first-order valence-electron chi connectivity index (χ1n) is 5.16. The minimum absolute atomic E-state index is 0.0708. The Morgan fingerprint density at radius 1 is 1.59 bits per heavy atom. The molecule has 6 heteroatoms. The molecule has 1 atom stereocenters. The molecular weight excluding hydrogens is 224 g/mol. The van der Waals surface area contributed by atoms with Gasteiger partial charge in [-0.1, -0.05) is 6.07 Å². The Morgan fingerprint density at radius 2 is 2.29 bits per heavy atom. The number of nitrogens with zero attached hydrogens (tertiary/aromatic N) is 1. The van der Waals surface area contributed by atoms with Crippen molar-refractivity contribution in [1.82, 2.24) is 0 Å². The van der Waals surface area contributed by atoms with Gasteiger partial charge in [0.15, 0.2) is 0 Å². The lowest BCUT2D eigenvalue weighted by Gasteiger charge is -2.10. The Balaban J connectivity index is 2.74. The van der Waals surface area contributed by atoms with Crippen molar-refractivity contribution < 1.29 is 14.6 Å². The average molecular weight is 238 g/mol.